The van der Waals surface area contributed by atoms with Gasteiger partial charge in [0.05, 0.1) is 11.0 Å². The molecule has 1 atom stereocenters. The van der Waals surface area contributed by atoms with Gasteiger partial charge in [-0.1, -0.05) is 23.8 Å². The van der Waals surface area contributed by atoms with E-state index in [2.05, 4.69) is 11.4 Å². The topological polar surface area (TPSA) is 72.2 Å². The maximum Gasteiger partial charge on any atom is 0.272 e. The molecule has 0 saturated carbocycles. The Morgan fingerprint density at radius 1 is 1.09 bits per heavy atom. The Kier molecular flexibility index (Phi) is 4.79. The van der Waals surface area contributed by atoms with E-state index in [9.17, 15) is 14.9 Å². The fourth-order valence-corrected chi connectivity index (χ4v) is 2.67. The largest absolute Gasteiger partial charge is 0.346 e. The molecule has 0 heterocycles. The lowest BCUT2D eigenvalue weighted by Crippen LogP contribution is -2.27. The molecule has 23 heavy (non-hydrogen) atoms. The average Bonchev–Trinajstić information content (AvgIpc) is 2.46. The van der Waals surface area contributed by atoms with Gasteiger partial charge >= 0.3 is 0 Å². The van der Waals surface area contributed by atoms with Crippen LogP contribution >= 0.6 is 0 Å². The smallest absolute Gasteiger partial charge is 0.272 e. The van der Waals surface area contributed by atoms with Gasteiger partial charge in [0.1, 0.15) is 0 Å². The first-order valence-corrected chi connectivity index (χ1v) is 7.42. The number of carbonyl (C=O) groups excluding carboxylic acids is 1. The van der Waals surface area contributed by atoms with Crippen LogP contribution in [0.5, 0.6) is 0 Å². The van der Waals surface area contributed by atoms with Gasteiger partial charge < -0.3 is 5.32 Å². The molecule has 2 aromatic rings. The summed E-state index contributed by atoms with van der Waals surface area (Å²) in [6.45, 7) is 7.59. The van der Waals surface area contributed by atoms with Gasteiger partial charge in [-0.05, 0) is 51.0 Å². The van der Waals surface area contributed by atoms with Crippen molar-refractivity contribution < 1.29 is 9.72 Å². The quantitative estimate of drug-likeness (QED) is 0.685. The number of nitrogens with one attached hydrogen (secondary N) is 1. The third-order valence-electron chi connectivity index (χ3n) is 3.90. The number of benzene rings is 2. The van der Waals surface area contributed by atoms with Gasteiger partial charge in [0.15, 0.2) is 0 Å². The van der Waals surface area contributed by atoms with E-state index in [1.54, 1.807) is 13.0 Å². The lowest BCUT2D eigenvalue weighted by atomic mass is 10.00. The van der Waals surface area contributed by atoms with Crippen LogP contribution in [0.25, 0.3) is 0 Å². The molecular weight excluding hydrogens is 292 g/mol. The minimum Gasteiger partial charge on any atom is -0.346 e. The second-order valence-electron chi connectivity index (χ2n) is 5.81. The molecule has 2 aromatic carbocycles. The third kappa shape index (κ3) is 3.74. The molecule has 2 rings (SSSR count). The monoisotopic (exact) mass is 312 g/mol. The summed E-state index contributed by atoms with van der Waals surface area (Å²) >= 11 is 0. The van der Waals surface area contributed by atoms with Crippen molar-refractivity contribution in [3.8, 4) is 0 Å². The Morgan fingerprint density at radius 2 is 1.78 bits per heavy atom. The standard InChI is InChI=1S/C18H20N2O3/c1-11-5-7-16(12(2)9-11)14(4)19-18(21)15-6-8-17(20(22)23)13(3)10-15/h5-10,14H,1-4H3,(H,19,21)/t14-/m1/s1. The molecule has 0 aromatic heterocycles. The molecule has 0 aliphatic heterocycles. The average molecular weight is 312 g/mol. The third-order valence-corrected chi connectivity index (χ3v) is 3.90. The van der Waals surface area contributed by atoms with Crippen LogP contribution in [-0.4, -0.2) is 10.8 Å². The first-order valence-electron chi connectivity index (χ1n) is 7.42. The number of rotatable bonds is 4. The summed E-state index contributed by atoms with van der Waals surface area (Å²) in [7, 11) is 0. The van der Waals surface area contributed by atoms with Crippen LogP contribution in [0.1, 0.15) is 45.6 Å². The fourth-order valence-electron chi connectivity index (χ4n) is 2.67. The summed E-state index contributed by atoms with van der Waals surface area (Å²) in [6, 6.07) is 10.4. The highest BCUT2D eigenvalue weighted by Crippen LogP contribution is 2.21. The van der Waals surface area contributed by atoms with Crippen molar-refractivity contribution in [2.24, 2.45) is 0 Å². The summed E-state index contributed by atoms with van der Waals surface area (Å²) in [5.74, 6) is -0.240. The van der Waals surface area contributed by atoms with Crippen molar-refractivity contribution in [3.05, 3.63) is 74.3 Å². The molecule has 0 bridgehead atoms. The van der Waals surface area contributed by atoms with Crippen molar-refractivity contribution in [3.63, 3.8) is 0 Å². The minimum atomic E-state index is -0.449. The number of hydrogen-bond acceptors (Lipinski definition) is 3. The van der Waals surface area contributed by atoms with E-state index >= 15 is 0 Å². The summed E-state index contributed by atoms with van der Waals surface area (Å²) in [6.07, 6.45) is 0. The molecule has 1 amide bonds. The molecule has 0 saturated heterocycles. The predicted molar refractivity (Wildman–Crippen MR) is 89.6 cm³/mol. The van der Waals surface area contributed by atoms with Gasteiger partial charge in [0, 0.05) is 17.2 Å². The number of hydrogen-bond donors (Lipinski definition) is 1. The van der Waals surface area contributed by atoms with Crippen molar-refractivity contribution >= 4 is 11.6 Å². The minimum absolute atomic E-state index is 0.0176. The van der Waals surface area contributed by atoms with E-state index in [-0.39, 0.29) is 17.6 Å². The number of amides is 1. The summed E-state index contributed by atoms with van der Waals surface area (Å²) in [5.41, 5.74) is 4.27. The van der Waals surface area contributed by atoms with Crippen LogP contribution in [0.2, 0.25) is 0 Å². The Hall–Kier alpha value is -2.69. The number of nitro groups is 1. The second kappa shape index (κ2) is 6.60. The van der Waals surface area contributed by atoms with Gasteiger partial charge in [-0.3, -0.25) is 14.9 Å². The maximum absolute atomic E-state index is 12.4. The van der Waals surface area contributed by atoms with Gasteiger partial charge in [0.25, 0.3) is 11.6 Å². The maximum atomic E-state index is 12.4. The van der Waals surface area contributed by atoms with Crippen LogP contribution in [0.3, 0.4) is 0 Å². The van der Waals surface area contributed by atoms with E-state index in [1.165, 1.54) is 17.7 Å². The van der Waals surface area contributed by atoms with Crippen LogP contribution < -0.4 is 5.32 Å². The zero-order valence-corrected chi connectivity index (χ0v) is 13.7. The van der Waals surface area contributed by atoms with E-state index in [0.29, 0.717) is 11.1 Å². The SMILES string of the molecule is Cc1ccc([C@@H](C)NC(=O)c2ccc([N+](=O)[O-])c(C)c2)c(C)c1. The van der Waals surface area contributed by atoms with E-state index in [4.69, 9.17) is 0 Å². The molecule has 0 aliphatic carbocycles. The number of carbonyl (C=O) groups is 1. The zero-order chi connectivity index (χ0) is 17.1. The van der Waals surface area contributed by atoms with Crippen molar-refractivity contribution in [1.29, 1.82) is 0 Å². The highest BCUT2D eigenvalue weighted by atomic mass is 16.6. The van der Waals surface area contributed by atoms with Gasteiger partial charge in [0.2, 0.25) is 0 Å². The molecule has 0 spiro atoms. The molecule has 0 radical (unpaired) electrons. The van der Waals surface area contributed by atoms with Gasteiger partial charge in [-0.2, -0.15) is 0 Å². The Balaban J connectivity index is 2.18. The van der Waals surface area contributed by atoms with Crippen molar-refractivity contribution in [1.82, 2.24) is 5.32 Å². The number of nitrogens with zero attached hydrogens (tertiary/aromatic N) is 1. The lowest BCUT2D eigenvalue weighted by Gasteiger charge is -2.17. The molecule has 1 N–H and O–H groups in total. The van der Waals surface area contributed by atoms with E-state index < -0.39 is 4.92 Å². The highest BCUT2D eigenvalue weighted by molar-refractivity contribution is 5.95. The first-order chi connectivity index (χ1) is 10.8. The molecule has 120 valence electrons. The second-order valence-corrected chi connectivity index (χ2v) is 5.81. The summed E-state index contributed by atoms with van der Waals surface area (Å²) < 4.78 is 0. The zero-order valence-electron chi connectivity index (χ0n) is 13.7. The predicted octanol–water partition coefficient (Wildman–Crippen LogP) is 4.01. The lowest BCUT2D eigenvalue weighted by molar-refractivity contribution is -0.385. The van der Waals surface area contributed by atoms with Crippen LogP contribution in [-0.2, 0) is 0 Å². The molecule has 5 nitrogen and oxygen atoms in total. The highest BCUT2D eigenvalue weighted by Gasteiger charge is 2.16. The van der Waals surface area contributed by atoms with Gasteiger partial charge in [-0.15, -0.1) is 0 Å². The van der Waals surface area contributed by atoms with E-state index in [1.807, 2.05) is 32.9 Å². The Labute approximate surface area is 135 Å². The van der Waals surface area contributed by atoms with Crippen molar-refractivity contribution in [2.75, 3.05) is 0 Å². The molecule has 0 aliphatic rings. The Morgan fingerprint density at radius 3 is 2.35 bits per heavy atom. The normalized spacial score (nSPS) is 11.8. The van der Waals surface area contributed by atoms with Gasteiger partial charge in [-0.25, -0.2) is 0 Å². The summed E-state index contributed by atoms with van der Waals surface area (Å²) in [4.78, 5) is 22.7. The van der Waals surface area contributed by atoms with Crippen LogP contribution in [0.4, 0.5) is 5.69 Å². The molecule has 0 unspecified atom stereocenters. The van der Waals surface area contributed by atoms with Crippen LogP contribution in [0.15, 0.2) is 36.4 Å². The number of aryl methyl sites for hydroxylation is 3. The Bertz CT molecular complexity index is 769. The number of nitro benzene ring substituents is 1. The summed E-state index contributed by atoms with van der Waals surface area (Å²) in [5, 5.41) is 13.8. The fraction of sp³-hybridized carbons (Fsp3) is 0.278. The van der Waals surface area contributed by atoms with E-state index in [0.717, 1.165) is 11.1 Å². The molecular formula is C18H20N2O3. The molecule has 5 heteroatoms. The van der Waals surface area contributed by atoms with Crippen LogP contribution in [0, 0.1) is 30.9 Å². The first kappa shape index (κ1) is 16.7. The molecule has 0 fully saturated rings. The van der Waals surface area contributed by atoms with Crippen molar-refractivity contribution in [2.45, 2.75) is 33.7 Å².